The highest BCUT2D eigenvalue weighted by atomic mass is 35.5. The topological polar surface area (TPSA) is 57.8 Å². The minimum absolute atomic E-state index is 0.239. The van der Waals surface area contributed by atoms with Crippen molar-refractivity contribution < 1.29 is 0 Å². The Balaban J connectivity index is 1.51. The van der Waals surface area contributed by atoms with Crippen LogP contribution in [0.25, 0.3) is 5.69 Å². The summed E-state index contributed by atoms with van der Waals surface area (Å²) in [7, 11) is 0. The molecule has 0 amide bonds. The van der Waals surface area contributed by atoms with Crippen LogP contribution >= 0.6 is 23.2 Å². The van der Waals surface area contributed by atoms with E-state index in [0.29, 0.717) is 21.7 Å². The van der Waals surface area contributed by atoms with E-state index in [1.807, 2.05) is 103 Å². The van der Waals surface area contributed by atoms with Crippen LogP contribution in [-0.2, 0) is 0 Å². The van der Waals surface area contributed by atoms with Crippen LogP contribution < -0.4 is 10.2 Å². The summed E-state index contributed by atoms with van der Waals surface area (Å²) in [6, 6.07) is 33.5. The van der Waals surface area contributed by atoms with Gasteiger partial charge in [-0.2, -0.15) is 5.10 Å². The summed E-state index contributed by atoms with van der Waals surface area (Å²) in [4.78, 5) is 12.5. The van der Waals surface area contributed by atoms with Gasteiger partial charge in [0.15, 0.2) is 17.5 Å². The van der Waals surface area contributed by atoms with Crippen molar-refractivity contribution in [2.75, 3.05) is 10.2 Å². The number of fused-ring (bicyclic) bond motifs is 4. The molecule has 0 fully saturated rings. The molecule has 4 aromatic carbocycles. The molecule has 0 bridgehead atoms. The molecule has 7 rings (SSSR count). The van der Waals surface area contributed by atoms with E-state index in [9.17, 15) is 0 Å². The van der Waals surface area contributed by atoms with E-state index >= 15 is 0 Å². The Bertz CT molecular complexity index is 1790. The van der Waals surface area contributed by atoms with Crippen molar-refractivity contribution in [3.63, 3.8) is 0 Å². The Labute approximate surface area is 235 Å². The highest BCUT2D eigenvalue weighted by Crippen LogP contribution is 2.48. The van der Waals surface area contributed by atoms with Crippen LogP contribution in [-0.4, -0.2) is 21.5 Å². The van der Waals surface area contributed by atoms with Gasteiger partial charge in [0.05, 0.1) is 28.8 Å². The highest BCUT2D eigenvalue weighted by molar-refractivity contribution is 6.51. The molecule has 0 saturated heterocycles. The lowest BCUT2D eigenvalue weighted by molar-refractivity contribution is 0.815. The predicted octanol–water partition coefficient (Wildman–Crippen LogP) is 8.28. The third kappa shape index (κ3) is 4.09. The summed E-state index contributed by atoms with van der Waals surface area (Å²) in [5.74, 6) is 2.06. The number of halogens is 2. The van der Waals surface area contributed by atoms with E-state index in [0.717, 1.165) is 45.4 Å². The number of hydrogen-bond acceptors (Lipinski definition) is 5. The maximum atomic E-state index is 6.54. The second kappa shape index (κ2) is 9.42. The summed E-state index contributed by atoms with van der Waals surface area (Å²) in [6.07, 6.45) is 0. The minimum atomic E-state index is -0.239. The SMILES string of the molecule is Cc1nn(-c2ccccc2)c2c1[C@@H](c1cccc(Cl)c1)N1C(=N2)C(Nc2cccc(Cl)c2)=Nc2ccccc21. The molecule has 1 aromatic heterocycles. The number of nitrogens with one attached hydrogen (secondary N) is 1. The average molecular weight is 549 g/mol. The van der Waals surface area contributed by atoms with Crippen LogP contribution in [0.1, 0.15) is 22.9 Å². The Kier molecular flexibility index (Phi) is 5.72. The summed E-state index contributed by atoms with van der Waals surface area (Å²) in [5, 5.41) is 9.75. The van der Waals surface area contributed by atoms with Crippen LogP contribution in [0, 0.1) is 6.92 Å². The number of aromatic nitrogens is 2. The molecule has 0 saturated carbocycles. The lowest BCUT2D eigenvalue weighted by atomic mass is 9.93. The molecule has 190 valence electrons. The molecule has 1 N–H and O–H groups in total. The van der Waals surface area contributed by atoms with Gasteiger partial charge < -0.3 is 10.2 Å². The maximum absolute atomic E-state index is 6.54. The number of aliphatic imine (C=N–C) groups is 2. The largest absolute Gasteiger partial charge is 0.337 e. The van der Waals surface area contributed by atoms with Gasteiger partial charge in [0.1, 0.15) is 0 Å². The number of anilines is 2. The van der Waals surface area contributed by atoms with Crippen molar-refractivity contribution in [3.8, 4) is 5.69 Å². The third-order valence-electron chi connectivity index (χ3n) is 6.89. The Hall–Kier alpha value is -4.39. The van der Waals surface area contributed by atoms with E-state index in [4.69, 9.17) is 38.3 Å². The normalized spacial score (nSPS) is 15.6. The maximum Gasteiger partial charge on any atom is 0.179 e. The van der Waals surface area contributed by atoms with Crippen molar-refractivity contribution in [2.45, 2.75) is 13.0 Å². The zero-order chi connectivity index (χ0) is 26.5. The first kappa shape index (κ1) is 23.7. The summed E-state index contributed by atoms with van der Waals surface area (Å²) in [5.41, 5.74) is 6.49. The van der Waals surface area contributed by atoms with Gasteiger partial charge >= 0.3 is 0 Å². The second-order valence-electron chi connectivity index (χ2n) is 9.42. The van der Waals surface area contributed by atoms with Gasteiger partial charge in [-0.25, -0.2) is 14.7 Å². The summed E-state index contributed by atoms with van der Waals surface area (Å²) < 4.78 is 1.91. The first-order valence-corrected chi connectivity index (χ1v) is 13.3. The Morgan fingerprint density at radius 1 is 0.769 bits per heavy atom. The Morgan fingerprint density at radius 2 is 1.51 bits per heavy atom. The van der Waals surface area contributed by atoms with Gasteiger partial charge in [0.2, 0.25) is 0 Å². The van der Waals surface area contributed by atoms with Gasteiger partial charge in [-0.1, -0.05) is 71.7 Å². The number of rotatable bonds is 3. The quantitative estimate of drug-likeness (QED) is 0.246. The van der Waals surface area contributed by atoms with E-state index in [2.05, 4.69) is 22.3 Å². The number of aryl methyl sites for hydroxylation is 1. The molecule has 0 aliphatic carbocycles. The van der Waals surface area contributed by atoms with Crippen molar-refractivity contribution in [3.05, 3.63) is 130 Å². The molecule has 6 nitrogen and oxygen atoms in total. The van der Waals surface area contributed by atoms with Gasteiger partial charge in [-0.05, 0) is 67.1 Å². The predicted molar refractivity (Wildman–Crippen MR) is 160 cm³/mol. The van der Waals surface area contributed by atoms with Crippen LogP contribution in [0.3, 0.4) is 0 Å². The van der Waals surface area contributed by atoms with E-state index in [-0.39, 0.29) is 6.04 Å². The van der Waals surface area contributed by atoms with Gasteiger partial charge in [-0.15, -0.1) is 0 Å². The molecular formula is C31H22Cl2N6. The fourth-order valence-electron chi connectivity index (χ4n) is 5.24. The van der Waals surface area contributed by atoms with Gasteiger partial charge in [0.25, 0.3) is 0 Å². The molecule has 8 heteroatoms. The fourth-order valence-corrected chi connectivity index (χ4v) is 5.63. The zero-order valence-corrected chi connectivity index (χ0v) is 22.4. The van der Waals surface area contributed by atoms with E-state index in [1.165, 1.54) is 0 Å². The number of benzene rings is 4. The lowest BCUT2D eigenvalue weighted by Crippen LogP contribution is -2.46. The molecule has 5 aromatic rings. The van der Waals surface area contributed by atoms with Crippen molar-refractivity contribution >= 4 is 57.8 Å². The van der Waals surface area contributed by atoms with Crippen LogP contribution in [0.5, 0.6) is 0 Å². The summed E-state index contributed by atoms with van der Waals surface area (Å²) in [6.45, 7) is 2.03. The molecule has 0 unspecified atom stereocenters. The smallest absolute Gasteiger partial charge is 0.179 e. The summed E-state index contributed by atoms with van der Waals surface area (Å²) >= 11 is 12.9. The third-order valence-corrected chi connectivity index (χ3v) is 7.36. The van der Waals surface area contributed by atoms with Crippen molar-refractivity contribution in [1.82, 2.24) is 9.78 Å². The number of nitrogens with zero attached hydrogens (tertiary/aromatic N) is 5. The highest BCUT2D eigenvalue weighted by Gasteiger charge is 2.41. The van der Waals surface area contributed by atoms with Gasteiger partial charge in [0, 0.05) is 21.3 Å². The molecule has 39 heavy (non-hydrogen) atoms. The van der Waals surface area contributed by atoms with Crippen molar-refractivity contribution in [1.29, 1.82) is 0 Å². The fraction of sp³-hybridized carbons (Fsp3) is 0.0645. The number of amidine groups is 2. The van der Waals surface area contributed by atoms with Crippen LogP contribution in [0.4, 0.5) is 22.9 Å². The molecule has 0 radical (unpaired) electrons. The molecule has 1 atom stereocenters. The first-order valence-electron chi connectivity index (χ1n) is 12.6. The first-order chi connectivity index (χ1) is 19.1. The lowest BCUT2D eigenvalue weighted by Gasteiger charge is -2.40. The number of hydrogen-bond donors (Lipinski definition) is 1. The average Bonchev–Trinajstić information content (AvgIpc) is 3.28. The standard InChI is InChI=1S/C31H22Cl2N6/c1-19-27-28(20-9-7-10-21(32)17-20)38-26-16-6-5-15-25(26)35-29(34-23-12-8-11-22(33)18-23)31(38)36-30(27)39(37-19)24-13-3-2-4-14-24/h2-18,28H,1H3,(H,34,35)/t28-/m1/s1. The van der Waals surface area contributed by atoms with E-state index in [1.54, 1.807) is 0 Å². The monoisotopic (exact) mass is 548 g/mol. The molecule has 2 aliphatic heterocycles. The van der Waals surface area contributed by atoms with Crippen LogP contribution in [0.15, 0.2) is 113 Å². The Morgan fingerprint density at radius 3 is 2.31 bits per heavy atom. The molecule has 2 aliphatic rings. The van der Waals surface area contributed by atoms with Crippen LogP contribution in [0.2, 0.25) is 10.0 Å². The molecular weight excluding hydrogens is 527 g/mol. The zero-order valence-electron chi connectivity index (χ0n) is 20.9. The van der Waals surface area contributed by atoms with Gasteiger partial charge in [-0.3, -0.25) is 0 Å². The number of para-hydroxylation sites is 3. The van der Waals surface area contributed by atoms with E-state index < -0.39 is 0 Å². The second-order valence-corrected chi connectivity index (χ2v) is 10.3. The van der Waals surface area contributed by atoms with Crippen molar-refractivity contribution in [2.24, 2.45) is 9.98 Å². The molecule has 3 heterocycles. The molecule has 0 spiro atoms. The minimum Gasteiger partial charge on any atom is -0.337 e.